The molecule has 1 heterocycles. The number of aryl methyl sites for hydroxylation is 1. The quantitative estimate of drug-likeness (QED) is 0.620. The molecular formula is C13H20ClN3. The molecular weight excluding hydrogens is 234 g/mol. The summed E-state index contributed by atoms with van der Waals surface area (Å²) in [6, 6.07) is 0.298. The fraction of sp³-hybridized carbons (Fsp3) is 0.538. The van der Waals surface area contributed by atoms with E-state index in [-0.39, 0.29) is 0 Å². The van der Waals surface area contributed by atoms with Gasteiger partial charge < -0.3 is 5.32 Å². The summed E-state index contributed by atoms with van der Waals surface area (Å²) in [6.45, 7) is 9.86. The molecule has 1 aromatic rings. The fourth-order valence-corrected chi connectivity index (χ4v) is 1.74. The number of halogens is 1. The van der Waals surface area contributed by atoms with Gasteiger partial charge in [-0.1, -0.05) is 24.6 Å². The molecule has 0 aliphatic rings. The summed E-state index contributed by atoms with van der Waals surface area (Å²) < 4.78 is 0. The molecule has 1 N–H and O–H groups in total. The van der Waals surface area contributed by atoms with Crippen molar-refractivity contribution >= 4 is 17.4 Å². The molecule has 1 aromatic heterocycles. The van der Waals surface area contributed by atoms with Crippen LogP contribution in [0.25, 0.3) is 0 Å². The predicted octanol–water partition coefficient (Wildman–Crippen LogP) is 3.77. The summed E-state index contributed by atoms with van der Waals surface area (Å²) in [4.78, 5) is 8.77. The maximum atomic E-state index is 6.10. The van der Waals surface area contributed by atoms with E-state index in [9.17, 15) is 0 Å². The third-order valence-electron chi connectivity index (χ3n) is 2.51. The standard InChI is InChI=1S/C13H20ClN3/c1-5-7-9(3)15-13-10(4)12(14)16-11(17-13)8-6-2/h5,9H,1,6-8H2,2-4H3,(H,15,16,17). The second-order valence-electron chi connectivity index (χ2n) is 4.22. The number of anilines is 1. The molecule has 1 unspecified atom stereocenters. The van der Waals surface area contributed by atoms with E-state index in [0.717, 1.165) is 36.5 Å². The zero-order valence-corrected chi connectivity index (χ0v) is 11.5. The van der Waals surface area contributed by atoms with Crippen molar-refractivity contribution in [2.75, 3.05) is 5.32 Å². The van der Waals surface area contributed by atoms with Crippen LogP contribution in [0.4, 0.5) is 5.82 Å². The predicted molar refractivity (Wildman–Crippen MR) is 73.7 cm³/mol. The second kappa shape index (κ2) is 6.60. The summed E-state index contributed by atoms with van der Waals surface area (Å²) in [5, 5.41) is 3.88. The van der Waals surface area contributed by atoms with Crippen molar-refractivity contribution in [1.82, 2.24) is 9.97 Å². The zero-order chi connectivity index (χ0) is 12.8. The van der Waals surface area contributed by atoms with E-state index in [1.54, 1.807) is 0 Å². The van der Waals surface area contributed by atoms with Gasteiger partial charge in [-0.05, 0) is 26.7 Å². The number of hydrogen-bond acceptors (Lipinski definition) is 3. The van der Waals surface area contributed by atoms with Crippen LogP contribution in [0.15, 0.2) is 12.7 Å². The summed E-state index contributed by atoms with van der Waals surface area (Å²) in [6.07, 6.45) is 4.65. The topological polar surface area (TPSA) is 37.8 Å². The molecule has 0 aliphatic heterocycles. The van der Waals surface area contributed by atoms with Crippen LogP contribution in [0.1, 0.15) is 38.1 Å². The molecule has 0 bridgehead atoms. The fourth-order valence-electron chi connectivity index (χ4n) is 1.55. The highest BCUT2D eigenvalue weighted by Gasteiger charge is 2.10. The Morgan fingerprint density at radius 3 is 2.76 bits per heavy atom. The number of nitrogens with one attached hydrogen (secondary N) is 1. The minimum absolute atomic E-state index is 0.298. The lowest BCUT2D eigenvalue weighted by atomic mass is 10.2. The molecule has 4 heteroatoms. The second-order valence-corrected chi connectivity index (χ2v) is 4.58. The van der Waals surface area contributed by atoms with Gasteiger partial charge in [0.15, 0.2) is 0 Å². The molecule has 0 radical (unpaired) electrons. The van der Waals surface area contributed by atoms with Crippen molar-refractivity contribution in [2.45, 2.75) is 46.1 Å². The third-order valence-corrected chi connectivity index (χ3v) is 2.88. The average molecular weight is 254 g/mol. The van der Waals surface area contributed by atoms with Crippen LogP contribution in [0, 0.1) is 6.92 Å². The van der Waals surface area contributed by atoms with Crippen LogP contribution in [-0.2, 0) is 6.42 Å². The lowest BCUT2D eigenvalue weighted by molar-refractivity contribution is 0.787. The van der Waals surface area contributed by atoms with Crippen molar-refractivity contribution in [1.29, 1.82) is 0 Å². The first-order chi connectivity index (χ1) is 8.08. The number of rotatable bonds is 6. The van der Waals surface area contributed by atoms with E-state index in [0.29, 0.717) is 11.2 Å². The normalized spacial score (nSPS) is 12.2. The van der Waals surface area contributed by atoms with E-state index in [1.165, 1.54) is 0 Å². The van der Waals surface area contributed by atoms with Gasteiger partial charge in [-0.2, -0.15) is 0 Å². The molecule has 0 saturated carbocycles. The molecule has 0 spiro atoms. The average Bonchev–Trinajstić information content (AvgIpc) is 2.26. The van der Waals surface area contributed by atoms with E-state index >= 15 is 0 Å². The molecule has 0 fully saturated rings. The Hall–Kier alpha value is -1.09. The molecule has 0 aliphatic carbocycles. The summed E-state index contributed by atoms with van der Waals surface area (Å²) in [5.41, 5.74) is 0.905. The number of hydrogen-bond donors (Lipinski definition) is 1. The summed E-state index contributed by atoms with van der Waals surface area (Å²) in [7, 11) is 0. The first-order valence-electron chi connectivity index (χ1n) is 5.98. The Kier molecular flexibility index (Phi) is 5.42. The molecule has 17 heavy (non-hydrogen) atoms. The van der Waals surface area contributed by atoms with Gasteiger partial charge in [-0.25, -0.2) is 9.97 Å². The van der Waals surface area contributed by atoms with Crippen molar-refractivity contribution < 1.29 is 0 Å². The van der Waals surface area contributed by atoms with Gasteiger partial charge in [-0.3, -0.25) is 0 Å². The molecule has 0 aromatic carbocycles. The largest absolute Gasteiger partial charge is 0.367 e. The van der Waals surface area contributed by atoms with Crippen LogP contribution < -0.4 is 5.32 Å². The van der Waals surface area contributed by atoms with E-state index < -0.39 is 0 Å². The minimum Gasteiger partial charge on any atom is -0.367 e. The molecule has 94 valence electrons. The molecule has 1 atom stereocenters. The van der Waals surface area contributed by atoms with Gasteiger partial charge in [-0.15, -0.1) is 6.58 Å². The lowest BCUT2D eigenvalue weighted by Gasteiger charge is -2.15. The summed E-state index contributed by atoms with van der Waals surface area (Å²) >= 11 is 6.10. The Balaban J connectivity index is 2.92. The molecule has 3 nitrogen and oxygen atoms in total. The molecule has 1 rings (SSSR count). The zero-order valence-electron chi connectivity index (χ0n) is 10.8. The van der Waals surface area contributed by atoms with E-state index in [2.05, 4.69) is 35.7 Å². The number of aromatic nitrogens is 2. The minimum atomic E-state index is 0.298. The van der Waals surface area contributed by atoms with Gasteiger partial charge in [0.1, 0.15) is 16.8 Å². The van der Waals surface area contributed by atoms with Crippen molar-refractivity contribution in [3.63, 3.8) is 0 Å². The lowest BCUT2D eigenvalue weighted by Crippen LogP contribution is -2.17. The van der Waals surface area contributed by atoms with E-state index in [4.69, 9.17) is 11.6 Å². The van der Waals surface area contributed by atoms with Crippen LogP contribution >= 0.6 is 11.6 Å². The highest BCUT2D eigenvalue weighted by atomic mass is 35.5. The molecule has 0 saturated heterocycles. The van der Waals surface area contributed by atoms with Crippen LogP contribution in [-0.4, -0.2) is 16.0 Å². The maximum Gasteiger partial charge on any atom is 0.137 e. The molecule has 0 amide bonds. The highest BCUT2D eigenvalue weighted by molar-refractivity contribution is 6.30. The Morgan fingerprint density at radius 1 is 1.47 bits per heavy atom. The van der Waals surface area contributed by atoms with Crippen LogP contribution in [0.5, 0.6) is 0 Å². The van der Waals surface area contributed by atoms with Gasteiger partial charge >= 0.3 is 0 Å². The van der Waals surface area contributed by atoms with Crippen molar-refractivity contribution in [2.24, 2.45) is 0 Å². The Morgan fingerprint density at radius 2 is 2.18 bits per heavy atom. The summed E-state index contributed by atoms with van der Waals surface area (Å²) in [5.74, 6) is 1.64. The van der Waals surface area contributed by atoms with Crippen molar-refractivity contribution in [3.8, 4) is 0 Å². The maximum absolute atomic E-state index is 6.10. The monoisotopic (exact) mass is 253 g/mol. The highest BCUT2D eigenvalue weighted by Crippen LogP contribution is 2.21. The van der Waals surface area contributed by atoms with E-state index in [1.807, 2.05) is 13.0 Å². The number of nitrogens with zero attached hydrogens (tertiary/aromatic N) is 2. The Labute approximate surface area is 108 Å². The first kappa shape index (κ1) is 14.0. The van der Waals surface area contributed by atoms with Crippen molar-refractivity contribution in [3.05, 3.63) is 29.2 Å². The van der Waals surface area contributed by atoms with Gasteiger partial charge in [0.25, 0.3) is 0 Å². The van der Waals surface area contributed by atoms with Gasteiger partial charge in [0.05, 0.1) is 0 Å². The van der Waals surface area contributed by atoms with Gasteiger partial charge in [0.2, 0.25) is 0 Å². The van der Waals surface area contributed by atoms with Crippen LogP contribution in [0.3, 0.4) is 0 Å². The third kappa shape index (κ3) is 4.00. The Bertz CT molecular complexity index is 390. The van der Waals surface area contributed by atoms with Crippen LogP contribution in [0.2, 0.25) is 5.15 Å². The SMILES string of the molecule is C=CCC(C)Nc1nc(CCC)nc(Cl)c1C. The smallest absolute Gasteiger partial charge is 0.137 e. The van der Waals surface area contributed by atoms with Gasteiger partial charge in [0, 0.05) is 18.0 Å². The first-order valence-corrected chi connectivity index (χ1v) is 6.36.